The Bertz CT molecular complexity index is 1440. The number of rotatable bonds is 5. The first-order valence-electron chi connectivity index (χ1n) is 8.35. The molecular formula is C18H13Cl2N3O6S2. The lowest BCUT2D eigenvalue weighted by atomic mass is 10.1. The van der Waals surface area contributed by atoms with E-state index in [1.807, 2.05) is 0 Å². The summed E-state index contributed by atoms with van der Waals surface area (Å²) in [5, 5.41) is 21.2. The fourth-order valence-electron chi connectivity index (χ4n) is 2.76. The van der Waals surface area contributed by atoms with Gasteiger partial charge in [0, 0.05) is 33.7 Å². The van der Waals surface area contributed by atoms with Crippen molar-refractivity contribution in [2.24, 2.45) is 10.2 Å². The Labute approximate surface area is 186 Å². The second-order valence-corrected chi connectivity index (χ2v) is 11.3. The molecule has 3 aromatic rings. The van der Waals surface area contributed by atoms with Crippen LogP contribution < -0.4 is 5.32 Å². The predicted octanol–water partition coefficient (Wildman–Crippen LogP) is 4.77. The monoisotopic (exact) mass is 501 g/mol. The van der Waals surface area contributed by atoms with Gasteiger partial charge in [0.25, 0.3) is 18.1 Å². The van der Waals surface area contributed by atoms with Gasteiger partial charge in [0.05, 0.1) is 26.6 Å². The summed E-state index contributed by atoms with van der Waals surface area (Å²) in [5.74, 6) is -0.879. The SMILES string of the molecule is CC(=O)Nc1ccc(S(=O)(=O)Cl)c2ccc(N=Nc3ccc(S(=O)(=O)Cl)cc3)c(O)c12. The lowest BCUT2D eigenvalue weighted by Crippen LogP contribution is -2.07. The molecule has 0 aliphatic rings. The van der Waals surface area contributed by atoms with E-state index < -0.39 is 29.8 Å². The molecule has 0 aliphatic carbocycles. The zero-order valence-corrected chi connectivity index (χ0v) is 18.7. The highest BCUT2D eigenvalue weighted by atomic mass is 35.7. The number of halogens is 2. The summed E-state index contributed by atoms with van der Waals surface area (Å²) in [6.45, 7) is 1.25. The van der Waals surface area contributed by atoms with Crippen LogP contribution in [-0.2, 0) is 22.9 Å². The van der Waals surface area contributed by atoms with Crippen LogP contribution in [0, 0.1) is 0 Å². The van der Waals surface area contributed by atoms with Gasteiger partial charge in [0.1, 0.15) is 5.69 Å². The summed E-state index contributed by atoms with van der Waals surface area (Å²) in [5.41, 5.74) is 0.387. The van der Waals surface area contributed by atoms with Gasteiger partial charge in [0.2, 0.25) is 5.91 Å². The molecule has 0 aromatic heterocycles. The number of azo groups is 1. The third kappa shape index (κ3) is 5.13. The van der Waals surface area contributed by atoms with Gasteiger partial charge < -0.3 is 10.4 Å². The molecule has 2 N–H and O–H groups in total. The molecule has 0 unspecified atom stereocenters. The molecule has 162 valence electrons. The van der Waals surface area contributed by atoms with E-state index in [0.717, 1.165) is 0 Å². The van der Waals surface area contributed by atoms with Crippen LogP contribution in [0.2, 0.25) is 0 Å². The van der Waals surface area contributed by atoms with Gasteiger partial charge in [-0.1, -0.05) is 6.07 Å². The zero-order valence-electron chi connectivity index (χ0n) is 15.6. The van der Waals surface area contributed by atoms with Gasteiger partial charge >= 0.3 is 0 Å². The number of carbonyl (C=O) groups excluding carboxylic acids is 1. The molecule has 0 fully saturated rings. The molecule has 13 heteroatoms. The summed E-state index contributed by atoms with van der Waals surface area (Å²) < 4.78 is 46.4. The Morgan fingerprint density at radius 3 is 2.10 bits per heavy atom. The number of carbonyl (C=O) groups is 1. The maximum atomic E-state index is 11.9. The topological polar surface area (TPSA) is 142 Å². The summed E-state index contributed by atoms with van der Waals surface area (Å²) >= 11 is 0. The van der Waals surface area contributed by atoms with Gasteiger partial charge in [-0.25, -0.2) is 16.8 Å². The molecule has 9 nitrogen and oxygen atoms in total. The summed E-state index contributed by atoms with van der Waals surface area (Å²) in [4.78, 5) is 11.1. The minimum absolute atomic E-state index is 0.0111. The lowest BCUT2D eigenvalue weighted by Gasteiger charge is -2.12. The van der Waals surface area contributed by atoms with E-state index in [1.165, 1.54) is 55.5 Å². The third-order valence-electron chi connectivity index (χ3n) is 4.06. The van der Waals surface area contributed by atoms with Crippen LogP contribution in [0.25, 0.3) is 10.8 Å². The standard InChI is InChI=1S/C18H13Cl2N3O6S2/c1-10(24)21-14-8-9-16(31(20,28)29)13-6-7-15(18(25)17(13)14)23-22-11-2-4-12(5-3-11)30(19,26)27/h2-9,25H,1H3,(H,21,24). The fraction of sp³-hybridized carbons (Fsp3) is 0.0556. The molecule has 0 heterocycles. The van der Waals surface area contributed by atoms with Gasteiger partial charge in [-0.3, -0.25) is 4.79 Å². The molecule has 0 bridgehead atoms. The number of phenolic OH excluding ortho intramolecular Hbond substituents is 1. The van der Waals surface area contributed by atoms with Gasteiger partial charge in [0.15, 0.2) is 5.75 Å². The van der Waals surface area contributed by atoms with Crippen molar-refractivity contribution in [3.63, 3.8) is 0 Å². The van der Waals surface area contributed by atoms with Crippen LogP contribution in [0.5, 0.6) is 5.75 Å². The number of hydrogen-bond donors (Lipinski definition) is 2. The minimum atomic E-state index is -4.14. The van der Waals surface area contributed by atoms with E-state index in [2.05, 4.69) is 15.5 Å². The van der Waals surface area contributed by atoms with Crippen LogP contribution in [0.15, 0.2) is 68.6 Å². The molecule has 1 amide bonds. The Morgan fingerprint density at radius 2 is 1.55 bits per heavy atom. The normalized spacial score (nSPS) is 12.4. The molecule has 0 saturated heterocycles. The van der Waals surface area contributed by atoms with Crippen molar-refractivity contribution in [2.75, 3.05) is 5.32 Å². The number of anilines is 1. The van der Waals surface area contributed by atoms with Crippen molar-refractivity contribution < 1.29 is 26.7 Å². The minimum Gasteiger partial charge on any atom is -0.505 e. The first-order chi connectivity index (χ1) is 14.4. The third-order valence-corrected chi connectivity index (χ3v) is 6.81. The first kappa shape index (κ1) is 22.9. The van der Waals surface area contributed by atoms with E-state index >= 15 is 0 Å². The number of aromatic hydroxyl groups is 1. The molecule has 0 aliphatic heterocycles. The number of fused-ring (bicyclic) bond motifs is 1. The molecule has 0 radical (unpaired) electrons. The van der Waals surface area contributed by atoms with Crippen molar-refractivity contribution in [3.8, 4) is 5.75 Å². The maximum Gasteiger partial charge on any atom is 0.261 e. The van der Waals surface area contributed by atoms with E-state index in [-0.39, 0.29) is 37.6 Å². The molecule has 0 saturated carbocycles. The second-order valence-electron chi connectivity index (χ2n) is 6.22. The number of phenols is 1. The largest absolute Gasteiger partial charge is 0.505 e. The van der Waals surface area contributed by atoms with Crippen molar-refractivity contribution in [3.05, 3.63) is 48.5 Å². The van der Waals surface area contributed by atoms with E-state index in [1.54, 1.807) is 0 Å². The second kappa shape index (κ2) is 8.42. The van der Waals surface area contributed by atoms with Crippen LogP contribution in [0.1, 0.15) is 6.92 Å². The van der Waals surface area contributed by atoms with Crippen LogP contribution in [0.4, 0.5) is 17.1 Å². The molecule has 3 rings (SSSR count). The summed E-state index contributed by atoms with van der Waals surface area (Å²) in [6, 6.07) is 10.4. The Morgan fingerprint density at radius 1 is 0.903 bits per heavy atom. The molecule has 3 aromatic carbocycles. The summed E-state index contributed by atoms with van der Waals surface area (Å²) in [7, 11) is 2.72. The number of nitrogens with one attached hydrogen (secondary N) is 1. The Kier molecular flexibility index (Phi) is 6.23. The summed E-state index contributed by atoms with van der Waals surface area (Å²) in [6.07, 6.45) is 0. The van der Waals surface area contributed by atoms with E-state index in [4.69, 9.17) is 21.4 Å². The quantitative estimate of drug-likeness (QED) is 0.380. The Hall–Kier alpha value is -2.73. The van der Waals surface area contributed by atoms with Crippen molar-refractivity contribution >= 4 is 73.2 Å². The average Bonchev–Trinajstić information content (AvgIpc) is 2.65. The number of benzene rings is 3. The zero-order chi connectivity index (χ0) is 23.0. The lowest BCUT2D eigenvalue weighted by molar-refractivity contribution is -0.114. The van der Waals surface area contributed by atoms with Gasteiger partial charge in [-0.05, 0) is 42.5 Å². The number of nitrogens with zero attached hydrogens (tertiary/aromatic N) is 2. The van der Waals surface area contributed by atoms with Gasteiger partial charge in [-0.2, -0.15) is 5.11 Å². The smallest absolute Gasteiger partial charge is 0.261 e. The average molecular weight is 502 g/mol. The maximum absolute atomic E-state index is 11.9. The van der Waals surface area contributed by atoms with Crippen LogP contribution in [0.3, 0.4) is 0 Å². The number of amides is 1. The van der Waals surface area contributed by atoms with E-state index in [0.29, 0.717) is 0 Å². The van der Waals surface area contributed by atoms with Crippen molar-refractivity contribution in [2.45, 2.75) is 16.7 Å². The highest BCUT2D eigenvalue weighted by Crippen LogP contribution is 2.42. The number of hydrogen-bond acceptors (Lipinski definition) is 8. The highest BCUT2D eigenvalue weighted by Gasteiger charge is 2.20. The van der Waals surface area contributed by atoms with Crippen LogP contribution >= 0.6 is 21.4 Å². The highest BCUT2D eigenvalue weighted by molar-refractivity contribution is 8.14. The molecule has 0 atom stereocenters. The predicted molar refractivity (Wildman–Crippen MR) is 117 cm³/mol. The van der Waals surface area contributed by atoms with Crippen LogP contribution in [-0.4, -0.2) is 27.8 Å². The van der Waals surface area contributed by atoms with Crippen molar-refractivity contribution in [1.82, 2.24) is 0 Å². The van der Waals surface area contributed by atoms with E-state index in [9.17, 15) is 26.7 Å². The first-order valence-corrected chi connectivity index (χ1v) is 13.0. The molecule has 0 spiro atoms. The fourth-order valence-corrected chi connectivity index (χ4v) is 4.60. The van der Waals surface area contributed by atoms with Gasteiger partial charge in [-0.15, -0.1) is 5.11 Å². The Balaban J connectivity index is 2.13. The molecular weight excluding hydrogens is 489 g/mol. The molecule has 31 heavy (non-hydrogen) atoms. The van der Waals surface area contributed by atoms with Crippen molar-refractivity contribution in [1.29, 1.82) is 0 Å².